The molecule has 5 heteroatoms. The summed E-state index contributed by atoms with van der Waals surface area (Å²) in [5.74, 6) is 0.637. The molecule has 0 saturated heterocycles. The molecule has 2 atom stereocenters. The summed E-state index contributed by atoms with van der Waals surface area (Å²) in [4.78, 5) is 10.1. The molecule has 2 aromatic rings. The van der Waals surface area contributed by atoms with Crippen LogP contribution in [0, 0.1) is 0 Å². The van der Waals surface area contributed by atoms with Crippen LogP contribution in [0.1, 0.15) is 142 Å². The van der Waals surface area contributed by atoms with Crippen LogP contribution >= 0.6 is 0 Å². The third-order valence-electron chi connectivity index (χ3n) is 8.13. The number of nitrogens with zero attached hydrogens (tertiary/aromatic N) is 2. The van der Waals surface area contributed by atoms with Crippen LogP contribution in [0.15, 0.2) is 34.3 Å². The summed E-state index contributed by atoms with van der Waals surface area (Å²) in [7, 11) is 0. The monoisotopic (exact) mass is 610 g/mol. The zero-order chi connectivity index (χ0) is 30.3. The van der Waals surface area contributed by atoms with Crippen molar-refractivity contribution in [1.82, 2.24) is 0 Å². The summed E-state index contributed by atoms with van der Waals surface area (Å²) in [6, 6.07) is 8.53. The smallest absolute Gasteiger partial charge is 0.128 e. The molecule has 0 aliphatic heterocycles. The summed E-state index contributed by atoms with van der Waals surface area (Å²) in [5, 5.41) is 22.5. The second-order valence-electron chi connectivity index (χ2n) is 15.9. The quantitative estimate of drug-likeness (QED) is 0.267. The number of hydrogen-bond donors (Lipinski definition) is 2. The van der Waals surface area contributed by atoms with Gasteiger partial charge in [-0.25, -0.2) is 0 Å². The molecular weight excluding hydrogens is 558 g/mol. The van der Waals surface area contributed by atoms with E-state index in [-0.39, 0.29) is 53.2 Å². The number of aliphatic imine (C=N–C) groups is 2. The van der Waals surface area contributed by atoms with E-state index in [4.69, 9.17) is 9.98 Å². The van der Waals surface area contributed by atoms with Crippen LogP contribution in [0.25, 0.3) is 0 Å². The summed E-state index contributed by atoms with van der Waals surface area (Å²) >= 11 is 0. The molecule has 4 nitrogen and oxygen atoms in total. The Kier molecular flexibility index (Phi) is 10.9. The van der Waals surface area contributed by atoms with Crippen molar-refractivity contribution in [3.63, 3.8) is 0 Å². The molecule has 1 fully saturated rings. The maximum Gasteiger partial charge on any atom is 0.128 e. The Morgan fingerprint density at radius 3 is 1.15 bits per heavy atom. The first-order chi connectivity index (χ1) is 18.2. The van der Waals surface area contributed by atoms with Crippen molar-refractivity contribution in [1.29, 1.82) is 0 Å². The van der Waals surface area contributed by atoms with Crippen molar-refractivity contribution in [3.8, 4) is 11.5 Å². The third kappa shape index (κ3) is 8.76. The Morgan fingerprint density at radius 2 is 0.878 bits per heavy atom. The number of hydrogen-bond acceptors (Lipinski definition) is 4. The SMILES string of the molecule is CC(C)(C)c1cc(C=NC2CCCCC2N=Cc2cc(C(C)(C)C)cc(C(C)(C)C)c2O)c(O)c(C(C)(C)C)c1.[Zn]. The molecule has 1 aliphatic rings. The Balaban J connectivity index is 0.00000588. The molecule has 0 aromatic heterocycles. The minimum Gasteiger partial charge on any atom is -0.507 e. The van der Waals surface area contributed by atoms with Gasteiger partial charge in [0.15, 0.2) is 0 Å². The standard InChI is InChI=1S/C36H54N2O2.Zn/c1-33(2,3)25-17-23(31(39)27(19-25)35(7,8)9)21-37-29-15-13-14-16-30(29)38-22-24-18-26(34(4,5)6)20-28(32(24)40)36(10,11)12;/h17-22,29-30,39-40H,13-16H2,1-12H3;. The van der Waals surface area contributed by atoms with Crippen molar-refractivity contribution >= 4 is 12.4 Å². The predicted molar refractivity (Wildman–Crippen MR) is 172 cm³/mol. The molecule has 1 aliphatic carbocycles. The van der Waals surface area contributed by atoms with E-state index < -0.39 is 0 Å². The molecule has 3 rings (SSSR count). The molecule has 0 radical (unpaired) electrons. The van der Waals surface area contributed by atoms with Crippen molar-refractivity contribution in [3.05, 3.63) is 57.6 Å². The van der Waals surface area contributed by atoms with E-state index in [9.17, 15) is 10.2 Å². The summed E-state index contributed by atoms with van der Waals surface area (Å²) < 4.78 is 0. The zero-order valence-electron chi connectivity index (χ0n) is 27.9. The molecule has 41 heavy (non-hydrogen) atoms. The van der Waals surface area contributed by atoms with Gasteiger partial charge in [0.25, 0.3) is 0 Å². The van der Waals surface area contributed by atoms with Gasteiger partial charge in [0.1, 0.15) is 11.5 Å². The van der Waals surface area contributed by atoms with E-state index in [0.717, 1.165) is 47.9 Å². The van der Waals surface area contributed by atoms with Gasteiger partial charge in [0.05, 0.1) is 12.1 Å². The van der Waals surface area contributed by atoms with Gasteiger partial charge >= 0.3 is 0 Å². The van der Waals surface area contributed by atoms with E-state index in [1.165, 1.54) is 11.1 Å². The maximum absolute atomic E-state index is 11.2. The Hall–Kier alpha value is -2.00. The number of aromatic hydroxyl groups is 2. The Morgan fingerprint density at radius 1 is 0.561 bits per heavy atom. The fraction of sp³-hybridized carbons (Fsp3) is 0.611. The van der Waals surface area contributed by atoms with Crippen molar-refractivity contribution < 1.29 is 29.7 Å². The van der Waals surface area contributed by atoms with E-state index in [1.54, 1.807) is 0 Å². The molecule has 2 N–H and O–H groups in total. The normalized spacial score (nSPS) is 19.1. The van der Waals surface area contributed by atoms with Crippen LogP contribution in [-0.4, -0.2) is 34.7 Å². The van der Waals surface area contributed by atoms with E-state index in [1.807, 2.05) is 12.4 Å². The minimum absolute atomic E-state index is 0. The number of phenolic OH excluding ortho intramolecular Hbond substituents is 2. The maximum atomic E-state index is 11.2. The number of phenols is 2. The summed E-state index contributed by atoms with van der Waals surface area (Å²) in [6.45, 7) is 26.0. The summed E-state index contributed by atoms with van der Waals surface area (Å²) in [5.41, 5.74) is 5.39. The van der Waals surface area contributed by atoms with Gasteiger partial charge in [-0.05, 0) is 57.8 Å². The van der Waals surface area contributed by atoms with Crippen LogP contribution in [0.5, 0.6) is 11.5 Å². The van der Waals surface area contributed by atoms with Gasteiger partial charge in [0.2, 0.25) is 0 Å². The van der Waals surface area contributed by atoms with Crippen LogP contribution in [0.4, 0.5) is 0 Å². The molecule has 0 spiro atoms. The van der Waals surface area contributed by atoms with Crippen molar-refractivity contribution in [2.24, 2.45) is 9.98 Å². The van der Waals surface area contributed by atoms with Crippen LogP contribution < -0.4 is 0 Å². The topological polar surface area (TPSA) is 65.2 Å². The predicted octanol–water partition coefficient (Wildman–Crippen LogP) is 9.13. The van der Waals surface area contributed by atoms with E-state index >= 15 is 0 Å². The van der Waals surface area contributed by atoms with Crippen LogP contribution in [0.2, 0.25) is 0 Å². The second kappa shape index (κ2) is 12.7. The van der Waals surface area contributed by atoms with Gasteiger partial charge < -0.3 is 10.2 Å². The van der Waals surface area contributed by atoms with Gasteiger partial charge in [-0.1, -0.05) is 108 Å². The Bertz CT molecular complexity index is 1170. The molecule has 2 unspecified atom stereocenters. The van der Waals surface area contributed by atoms with Gasteiger partial charge in [-0.15, -0.1) is 0 Å². The van der Waals surface area contributed by atoms with Gasteiger partial charge in [-0.3, -0.25) is 9.98 Å². The van der Waals surface area contributed by atoms with E-state index in [0.29, 0.717) is 11.5 Å². The van der Waals surface area contributed by atoms with Gasteiger partial charge in [-0.2, -0.15) is 0 Å². The van der Waals surface area contributed by atoms with Crippen LogP contribution in [0.3, 0.4) is 0 Å². The summed E-state index contributed by atoms with van der Waals surface area (Å²) in [6.07, 6.45) is 7.90. The molecule has 0 bridgehead atoms. The first-order valence-corrected chi connectivity index (χ1v) is 15.0. The Labute approximate surface area is 263 Å². The molecule has 0 amide bonds. The van der Waals surface area contributed by atoms with Crippen molar-refractivity contribution in [2.45, 2.75) is 143 Å². The average Bonchev–Trinajstić information content (AvgIpc) is 2.80. The van der Waals surface area contributed by atoms with Crippen molar-refractivity contribution in [2.75, 3.05) is 0 Å². The molecule has 1 saturated carbocycles. The average molecular weight is 612 g/mol. The minimum atomic E-state index is -0.179. The largest absolute Gasteiger partial charge is 0.507 e. The number of rotatable bonds is 4. The molecule has 222 valence electrons. The molecular formula is C36H54N2O2Zn. The van der Waals surface area contributed by atoms with Gasteiger partial charge in [0, 0.05) is 54.2 Å². The third-order valence-corrected chi connectivity index (χ3v) is 8.13. The van der Waals surface area contributed by atoms with Crippen LogP contribution in [-0.2, 0) is 41.1 Å². The first-order valence-electron chi connectivity index (χ1n) is 15.0. The second-order valence-corrected chi connectivity index (χ2v) is 15.9. The van der Waals surface area contributed by atoms with E-state index in [2.05, 4.69) is 107 Å². The molecule has 2 aromatic carbocycles. The zero-order valence-corrected chi connectivity index (χ0v) is 30.9. The first kappa shape index (κ1) is 35.2. The fourth-order valence-corrected chi connectivity index (χ4v) is 5.31. The fourth-order valence-electron chi connectivity index (χ4n) is 5.31. The number of benzene rings is 2. The molecule has 0 heterocycles.